The van der Waals surface area contributed by atoms with Gasteiger partial charge in [0, 0.05) is 34.4 Å². The Hall–Kier alpha value is -4.71. The van der Waals surface area contributed by atoms with Crippen molar-refractivity contribution in [1.29, 1.82) is 0 Å². The zero-order valence-corrected chi connectivity index (χ0v) is 25.8. The van der Waals surface area contributed by atoms with Crippen LogP contribution in [-0.4, -0.2) is 25.1 Å². The number of nitrogens with one attached hydrogen (secondary N) is 3. The van der Waals surface area contributed by atoms with Crippen LogP contribution in [0.1, 0.15) is 81.9 Å². The van der Waals surface area contributed by atoms with Gasteiger partial charge in [-0.3, -0.25) is 10.1 Å². The van der Waals surface area contributed by atoms with Crippen molar-refractivity contribution in [2.45, 2.75) is 66.2 Å². The summed E-state index contributed by atoms with van der Waals surface area (Å²) >= 11 is 0. The number of unbranched alkanes of at least 4 members (excludes halogenated alkanes) is 1. The van der Waals surface area contributed by atoms with Crippen LogP contribution in [-0.2, 0) is 0 Å². The molecule has 0 atom stereocenters. The van der Waals surface area contributed by atoms with Crippen molar-refractivity contribution in [2.24, 2.45) is 0 Å². The fourth-order valence-electron chi connectivity index (χ4n) is 5.37. The molecule has 6 nitrogen and oxygen atoms in total. The van der Waals surface area contributed by atoms with Crippen molar-refractivity contribution >= 4 is 22.2 Å². The number of aromatic amines is 2. The Balaban J connectivity index is 1.49. The monoisotopic (exact) mass is 570 g/mol. The predicted molar refractivity (Wildman–Crippen MR) is 180 cm³/mol. The first-order chi connectivity index (χ1) is 21.1. The molecule has 4 heterocycles. The number of H-pyrrole nitrogens is 2. The molecule has 5 rings (SSSR count). The molecule has 0 bridgehead atoms. The van der Waals surface area contributed by atoms with Crippen LogP contribution < -0.4 is 5.32 Å². The standard InChI is InChI=1S/C37H42N6/c1-6-10-17-29(33-19-12-13-22-38-33)30-24-35(39-25(30)5)37-36-34(42-43-37)21-20-32(41-36)26(8-3)23-28(9-4)40-31(18-11-7-2)27-15-14-16-27/h6,8-10,12-13,17,19-24,39-40H,4,7,11,14-16,18H2,1-3,5H3,(H,42,43)/b10-6-,26-8+,28-23+,29-17+. The minimum absolute atomic E-state index is 0.788. The van der Waals surface area contributed by atoms with E-state index in [-0.39, 0.29) is 0 Å². The zero-order chi connectivity index (χ0) is 30.2. The fourth-order valence-corrected chi connectivity index (χ4v) is 5.37. The smallest absolute Gasteiger partial charge is 0.135 e. The van der Waals surface area contributed by atoms with Crippen LogP contribution in [0.15, 0.2) is 103 Å². The van der Waals surface area contributed by atoms with Gasteiger partial charge in [-0.25, -0.2) is 4.98 Å². The molecular formula is C37H42N6. The predicted octanol–water partition coefficient (Wildman–Crippen LogP) is 9.36. The second-order valence-electron chi connectivity index (χ2n) is 10.9. The molecule has 4 aromatic rings. The van der Waals surface area contributed by atoms with Gasteiger partial charge >= 0.3 is 0 Å². The average molecular weight is 571 g/mol. The molecule has 1 aliphatic carbocycles. The number of rotatable bonds is 12. The summed E-state index contributed by atoms with van der Waals surface area (Å²) in [5.74, 6) is 0. The van der Waals surface area contributed by atoms with Crippen molar-refractivity contribution in [2.75, 3.05) is 0 Å². The van der Waals surface area contributed by atoms with Gasteiger partial charge in [0.05, 0.1) is 22.6 Å². The SMILES string of the molecule is C=C/C(=C\C(=C/C)c1ccc2[nH]nc(-c3cc(/C(=C\C=C/C)c4ccccn4)c(C)[nH]3)c2n1)NC(CCCC)=C1CCC1. The molecule has 0 saturated heterocycles. The van der Waals surface area contributed by atoms with Gasteiger partial charge < -0.3 is 10.3 Å². The number of pyridine rings is 2. The van der Waals surface area contributed by atoms with Crippen LogP contribution in [0.5, 0.6) is 0 Å². The normalized spacial score (nSPS) is 14.4. The number of nitrogens with zero attached hydrogens (tertiary/aromatic N) is 3. The summed E-state index contributed by atoms with van der Waals surface area (Å²) in [6, 6.07) is 12.2. The molecule has 1 fully saturated rings. The van der Waals surface area contributed by atoms with E-state index in [0.717, 1.165) is 68.3 Å². The summed E-state index contributed by atoms with van der Waals surface area (Å²) in [5.41, 5.74) is 13.3. The molecule has 1 aliphatic rings. The highest BCUT2D eigenvalue weighted by atomic mass is 15.1. The molecular weight excluding hydrogens is 528 g/mol. The van der Waals surface area contributed by atoms with Crippen molar-refractivity contribution < 1.29 is 0 Å². The lowest BCUT2D eigenvalue weighted by atomic mass is 9.89. The first-order valence-corrected chi connectivity index (χ1v) is 15.3. The van der Waals surface area contributed by atoms with Crippen LogP contribution in [0.3, 0.4) is 0 Å². The minimum Gasteiger partial charge on any atom is -0.359 e. The maximum atomic E-state index is 5.11. The molecule has 43 heavy (non-hydrogen) atoms. The second-order valence-corrected chi connectivity index (χ2v) is 10.9. The van der Waals surface area contributed by atoms with E-state index in [1.165, 1.54) is 37.8 Å². The highest BCUT2D eigenvalue weighted by molar-refractivity contribution is 5.92. The van der Waals surface area contributed by atoms with E-state index < -0.39 is 0 Å². The Morgan fingerprint density at radius 3 is 2.65 bits per heavy atom. The Bertz CT molecular complexity index is 1730. The van der Waals surface area contributed by atoms with Crippen LogP contribution in [0.4, 0.5) is 0 Å². The molecule has 0 amide bonds. The molecule has 220 valence electrons. The van der Waals surface area contributed by atoms with E-state index in [1.54, 1.807) is 5.57 Å². The maximum absolute atomic E-state index is 5.11. The van der Waals surface area contributed by atoms with E-state index >= 15 is 0 Å². The summed E-state index contributed by atoms with van der Waals surface area (Å²) in [7, 11) is 0. The van der Waals surface area contributed by atoms with Crippen LogP contribution in [0.25, 0.3) is 33.6 Å². The molecule has 0 spiro atoms. The second kappa shape index (κ2) is 14.0. The van der Waals surface area contributed by atoms with Crippen LogP contribution in [0, 0.1) is 6.92 Å². The Morgan fingerprint density at radius 1 is 1.12 bits per heavy atom. The number of aromatic nitrogens is 5. The summed E-state index contributed by atoms with van der Waals surface area (Å²) < 4.78 is 0. The van der Waals surface area contributed by atoms with E-state index in [2.05, 4.69) is 76.3 Å². The van der Waals surface area contributed by atoms with Crippen molar-refractivity contribution in [3.05, 3.63) is 125 Å². The van der Waals surface area contributed by atoms with Gasteiger partial charge in [-0.05, 0) is 101 Å². The van der Waals surface area contributed by atoms with Crippen molar-refractivity contribution in [3.8, 4) is 11.4 Å². The molecule has 6 heteroatoms. The first kappa shape index (κ1) is 29.8. The van der Waals surface area contributed by atoms with E-state index in [9.17, 15) is 0 Å². The van der Waals surface area contributed by atoms with E-state index in [1.807, 2.05) is 62.5 Å². The third-order valence-corrected chi connectivity index (χ3v) is 7.96. The lowest BCUT2D eigenvalue weighted by molar-refractivity contribution is 0.616. The summed E-state index contributed by atoms with van der Waals surface area (Å²) in [5, 5.41) is 11.6. The third kappa shape index (κ3) is 6.69. The largest absolute Gasteiger partial charge is 0.359 e. The fraction of sp³-hybridized carbons (Fsp3) is 0.270. The van der Waals surface area contributed by atoms with Gasteiger partial charge in [0.1, 0.15) is 11.2 Å². The summed E-state index contributed by atoms with van der Waals surface area (Å²) in [6.07, 6.45) is 21.3. The van der Waals surface area contributed by atoms with Crippen molar-refractivity contribution in [3.63, 3.8) is 0 Å². The van der Waals surface area contributed by atoms with Crippen LogP contribution >= 0.6 is 0 Å². The Morgan fingerprint density at radius 2 is 1.98 bits per heavy atom. The van der Waals surface area contributed by atoms with E-state index in [4.69, 9.17) is 4.98 Å². The van der Waals surface area contributed by atoms with Gasteiger partial charge in [-0.1, -0.05) is 55.9 Å². The quantitative estimate of drug-likeness (QED) is 0.148. The topological polar surface area (TPSA) is 82.3 Å². The number of aryl methyl sites for hydroxylation is 1. The number of hydrogen-bond acceptors (Lipinski definition) is 4. The Kier molecular flexibility index (Phi) is 9.67. The lowest BCUT2D eigenvalue weighted by Gasteiger charge is -2.24. The number of fused-ring (bicyclic) bond motifs is 1. The lowest BCUT2D eigenvalue weighted by Crippen LogP contribution is -2.17. The number of allylic oxidation sites excluding steroid dienone is 9. The van der Waals surface area contributed by atoms with Gasteiger partial charge in [-0.15, -0.1) is 0 Å². The highest BCUT2D eigenvalue weighted by Crippen LogP contribution is 2.33. The average Bonchev–Trinajstić information content (AvgIpc) is 3.60. The molecule has 0 aromatic carbocycles. The summed E-state index contributed by atoms with van der Waals surface area (Å²) in [4.78, 5) is 13.3. The highest BCUT2D eigenvalue weighted by Gasteiger charge is 2.18. The summed E-state index contributed by atoms with van der Waals surface area (Å²) in [6.45, 7) is 12.5. The molecule has 0 aliphatic heterocycles. The molecule has 0 radical (unpaired) electrons. The third-order valence-electron chi connectivity index (χ3n) is 7.96. The van der Waals surface area contributed by atoms with Crippen molar-refractivity contribution in [1.82, 2.24) is 30.5 Å². The van der Waals surface area contributed by atoms with E-state index in [0.29, 0.717) is 0 Å². The van der Waals surface area contributed by atoms with Gasteiger partial charge in [0.25, 0.3) is 0 Å². The van der Waals surface area contributed by atoms with Gasteiger partial charge in [-0.2, -0.15) is 5.10 Å². The zero-order valence-electron chi connectivity index (χ0n) is 25.8. The van der Waals surface area contributed by atoms with Crippen LogP contribution in [0.2, 0.25) is 0 Å². The maximum Gasteiger partial charge on any atom is 0.135 e. The molecule has 1 saturated carbocycles. The molecule has 4 aromatic heterocycles. The Labute approximate surface area is 255 Å². The molecule has 0 unspecified atom stereocenters. The first-order valence-electron chi connectivity index (χ1n) is 15.3. The minimum atomic E-state index is 0.788. The molecule has 3 N–H and O–H groups in total. The van der Waals surface area contributed by atoms with Gasteiger partial charge in [0.15, 0.2) is 0 Å². The number of hydrogen-bond donors (Lipinski definition) is 3. The van der Waals surface area contributed by atoms with Gasteiger partial charge in [0.2, 0.25) is 0 Å².